The average molecular weight is 495 g/mol. The van der Waals surface area contributed by atoms with Crippen LogP contribution in [-0.2, 0) is 0 Å². The van der Waals surface area contributed by atoms with Crippen LogP contribution in [0.4, 0.5) is 0 Å². The summed E-state index contributed by atoms with van der Waals surface area (Å²) in [5, 5.41) is 11.0. The molecule has 0 atom stereocenters. The average Bonchev–Trinajstić information content (AvgIpc) is 2.78. The molecule has 0 heterocycles. The summed E-state index contributed by atoms with van der Waals surface area (Å²) in [4.78, 5) is 0. The zero-order valence-electron chi connectivity index (χ0n) is 18.6. The van der Waals surface area contributed by atoms with Gasteiger partial charge in [-0.3, -0.25) is 0 Å². The van der Waals surface area contributed by atoms with Crippen molar-refractivity contribution in [2.45, 2.75) is 32.8 Å². The third-order valence-corrected chi connectivity index (χ3v) is 15.2. The number of hydrogen-bond acceptors (Lipinski definition) is 1. The molecule has 0 aliphatic rings. The molecule has 0 aromatic heterocycles. The van der Waals surface area contributed by atoms with Gasteiger partial charge in [-0.2, -0.15) is 0 Å². The van der Waals surface area contributed by atoms with Crippen LogP contribution in [0.2, 0.25) is 0 Å². The summed E-state index contributed by atoms with van der Waals surface area (Å²) in [6.45, 7) is 5.80. The molecule has 31 heavy (non-hydrogen) atoms. The molecule has 0 bridgehead atoms. The first-order chi connectivity index (χ1) is 14.7. The van der Waals surface area contributed by atoms with E-state index < -0.39 is 10.9 Å². The molecule has 0 unspecified atom stereocenters. The molecular formula is C28H32BrOP. The van der Waals surface area contributed by atoms with Gasteiger partial charge in [-0.05, 0) is 0 Å². The number of allylic oxidation sites excluding steroid dienone is 3. The van der Waals surface area contributed by atoms with Crippen molar-refractivity contribution in [1.82, 2.24) is 0 Å². The van der Waals surface area contributed by atoms with Crippen LogP contribution in [0.25, 0.3) is 0 Å². The topological polar surface area (TPSA) is 20.2 Å². The molecule has 3 aromatic carbocycles. The van der Waals surface area contributed by atoms with E-state index in [2.05, 4.69) is 132 Å². The summed E-state index contributed by atoms with van der Waals surface area (Å²) >= 11 is 4.47. The monoisotopic (exact) mass is 494 g/mol. The van der Waals surface area contributed by atoms with E-state index in [0.29, 0.717) is 6.42 Å². The Bertz CT molecular complexity index is 935. The number of hydrogen-bond donors (Lipinski definition) is 1. The molecule has 0 amide bonds. The molecule has 0 radical (unpaired) electrons. The maximum absolute atomic E-state index is 10.0. The van der Waals surface area contributed by atoms with Gasteiger partial charge in [0, 0.05) is 0 Å². The molecule has 0 aliphatic heterocycles. The predicted molar refractivity (Wildman–Crippen MR) is 143 cm³/mol. The summed E-state index contributed by atoms with van der Waals surface area (Å²) in [6, 6.07) is 32.5. The fraction of sp³-hybridized carbons (Fsp3) is 0.214. The third-order valence-electron chi connectivity index (χ3n) is 5.64. The minimum absolute atomic E-state index is 0.631. The second-order valence-corrected chi connectivity index (χ2v) is 17.7. The van der Waals surface area contributed by atoms with Gasteiger partial charge in [0.2, 0.25) is 0 Å². The first kappa shape index (κ1) is 23.7. The van der Waals surface area contributed by atoms with Gasteiger partial charge >= 0.3 is 196 Å². The van der Waals surface area contributed by atoms with Crippen molar-refractivity contribution in [3.63, 3.8) is 0 Å². The zero-order chi connectivity index (χ0) is 22.4. The Kier molecular flexibility index (Phi) is 7.37. The van der Waals surface area contributed by atoms with E-state index in [4.69, 9.17) is 0 Å². The van der Waals surface area contributed by atoms with E-state index in [1.807, 2.05) is 13.8 Å². The van der Waals surface area contributed by atoms with E-state index in [9.17, 15) is 5.11 Å². The van der Waals surface area contributed by atoms with Crippen LogP contribution in [0.15, 0.2) is 115 Å². The SMILES string of the molecule is CC(C=CCC(C)(C)O)=CCP(Br)(c1ccccc1)(c1ccccc1)c1ccccc1. The summed E-state index contributed by atoms with van der Waals surface area (Å²) in [5.41, 5.74) is 0.504. The normalized spacial score (nSPS) is 14.4. The minimum atomic E-state index is -2.92. The maximum atomic E-state index is 10.0. The molecule has 0 spiro atoms. The van der Waals surface area contributed by atoms with Crippen molar-refractivity contribution in [2.75, 3.05) is 6.16 Å². The summed E-state index contributed by atoms with van der Waals surface area (Å²) in [6.07, 6.45) is 8.00. The molecule has 0 fully saturated rings. The number of aliphatic hydroxyl groups is 1. The van der Waals surface area contributed by atoms with Crippen molar-refractivity contribution in [2.24, 2.45) is 0 Å². The van der Waals surface area contributed by atoms with Gasteiger partial charge in [0.1, 0.15) is 0 Å². The van der Waals surface area contributed by atoms with Gasteiger partial charge in [-0.1, -0.05) is 0 Å². The van der Waals surface area contributed by atoms with Crippen LogP contribution in [0.5, 0.6) is 0 Å². The van der Waals surface area contributed by atoms with Crippen LogP contribution in [-0.4, -0.2) is 16.9 Å². The van der Waals surface area contributed by atoms with Crippen LogP contribution >= 0.6 is 20.8 Å². The van der Waals surface area contributed by atoms with Gasteiger partial charge in [-0.15, -0.1) is 0 Å². The summed E-state index contributed by atoms with van der Waals surface area (Å²) in [5.74, 6) is 0. The van der Waals surface area contributed by atoms with Crippen LogP contribution in [0.3, 0.4) is 0 Å². The molecule has 0 saturated heterocycles. The Hall–Kier alpha value is -1.99. The Morgan fingerprint density at radius 1 is 0.806 bits per heavy atom. The summed E-state index contributed by atoms with van der Waals surface area (Å²) < 4.78 is 0. The number of benzene rings is 3. The first-order valence-corrected chi connectivity index (χ1v) is 15.1. The van der Waals surface area contributed by atoms with E-state index in [1.165, 1.54) is 21.5 Å². The Morgan fingerprint density at radius 3 is 1.55 bits per heavy atom. The third kappa shape index (κ3) is 5.26. The zero-order valence-corrected chi connectivity index (χ0v) is 21.1. The molecule has 162 valence electrons. The van der Waals surface area contributed by atoms with E-state index in [0.717, 1.165) is 6.16 Å². The molecule has 3 rings (SSSR count). The quantitative estimate of drug-likeness (QED) is 0.280. The summed E-state index contributed by atoms with van der Waals surface area (Å²) in [7, 11) is 0. The fourth-order valence-electron chi connectivity index (χ4n) is 3.90. The molecule has 1 N–H and O–H groups in total. The molecule has 3 aromatic rings. The van der Waals surface area contributed by atoms with Crippen molar-refractivity contribution in [1.29, 1.82) is 0 Å². The molecular weight excluding hydrogens is 463 g/mol. The predicted octanol–water partition coefficient (Wildman–Crippen LogP) is 6.49. The van der Waals surface area contributed by atoms with Crippen LogP contribution in [0.1, 0.15) is 27.2 Å². The molecule has 3 heteroatoms. The van der Waals surface area contributed by atoms with Gasteiger partial charge < -0.3 is 0 Å². The second-order valence-electron chi connectivity index (χ2n) is 8.74. The fourth-order valence-corrected chi connectivity index (χ4v) is 11.0. The molecule has 0 aliphatic carbocycles. The van der Waals surface area contributed by atoms with Crippen molar-refractivity contribution in [3.05, 3.63) is 115 Å². The molecule has 0 saturated carbocycles. The van der Waals surface area contributed by atoms with Crippen molar-refractivity contribution in [3.8, 4) is 0 Å². The van der Waals surface area contributed by atoms with Gasteiger partial charge in [0.15, 0.2) is 0 Å². The van der Waals surface area contributed by atoms with Gasteiger partial charge in [-0.25, -0.2) is 0 Å². The second kappa shape index (κ2) is 9.65. The van der Waals surface area contributed by atoms with E-state index in [-0.39, 0.29) is 0 Å². The van der Waals surface area contributed by atoms with E-state index in [1.54, 1.807) is 0 Å². The molecule has 1 nitrogen and oxygen atoms in total. The van der Waals surface area contributed by atoms with Crippen molar-refractivity contribution < 1.29 is 5.11 Å². The van der Waals surface area contributed by atoms with Crippen LogP contribution < -0.4 is 15.9 Å². The van der Waals surface area contributed by atoms with E-state index >= 15 is 0 Å². The van der Waals surface area contributed by atoms with Gasteiger partial charge in [0.25, 0.3) is 0 Å². The first-order valence-electron chi connectivity index (χ1n) is 10.7. The number of halogens is 1. The number of rotatable bonds is 8. The van der Waals surface area contributed by atoms with Crippen molar-refractivity contribution >= 4 is 36.7 Å². The van der Waals surface area contributed by atoms with Crippen LogP contribution in [0, 0.1) is 0 Å². The standard InChI is InChI=1S/C28H32BrOP/c1-24(14-13-22-28(2,3)30)21-23-31(29,25-15-7-4-8-16-25,26-17-9-5-10-18-26)27-19-11-6-12-20-27/h4-21,30H,22-23H2,1-3H3. The Balaban J connectivity index is 2.18. The Morgan fingerprint density at radius 2 is 1.19 bits per heavy atom. The Labute approximate surface area is 195 Å². The van der Waals surface area contributed by atoms with Gasteiger partial charge in [0.05, 0.1) is 0 Å².